The Morgan fingerprint density at radius 1 is 1.20 bits per heavy atom. The first-order valence-corrected chi connectivity index (χ1v) is 10.2. The van der Waals surface area contributed by atoms with Gasteiger partial charge in [-0.2, -0.15) is 0 Å². The molecule has 1 aliphatic rings. The minimum absolute atomic E-state index is 0. The Hall–Kier alpha value is -2.07. The molecule has 1 saturated heterocycles. The number of carbonyl (C=O) groups excluding carboxylic acids is 1. The van der Waals surface area contributed by atoms with Crippen molar-refractivity contribution in [3.05, 3.63) is 60.1 Å². The summed E-state index contributed by atoms with van der Waals surface area (Å²) in [7, 11) is 1.73. The van der Waals surface area contributed by atoms with Gasteiger partial charge in [0.1, 0.15) is 5.76 Å². The highest BCUT2D eigenvalue weighted by atomic mass is 127. The minimum Gasteiger partial charge on any atom is -0.467 e. The monoisotopic (exact) mass is 525 g/mol. The molecule has 7 nitrogen and oxygen atoms in total. The highest BCUT2D eigenvalue weighted by Crippen LogP contribution is 2.19. The van der Waals surface area contributed by atoms with Crippen LogP contribution < -0.4 is 16.0 Å². The number of furan rings is 1. The summed E-state index contributed by atoms with van der Waals surface area (Å²) in [5.74, 6) is 1.29. The first kappa shape index (κ1) is 24.2. The molecule has 0 saturated carbocycles. The Kier molecular flexibility index (Phi) is 10.2. The van der Waals surface area contributed by atoms with E-state index >= 15 is 0 Å². The van der Waals surface area contributed by atoms with Crippen molar-refractivity contribution in [2.45, 2.75) is 44.9 Å². The van der Waals surface area contributed by atoms with Crippen molar-refractivity contribution < 1.29 is 9.21 Å². The summed E-state index contributed by atoms with van der Waals surface area (Å²) in [5.41, 5.74) is 1.35. The van der Waals surface area contributed by atoms with Crippen LogP contribution in [0.5, 0.6) is 0 Å². The van der Waals surface area contributed by atoms with Crippen molar-refractivity contribution in [2.24, 2.45) is 4.99 Å². The Morgan fingerprint density at radius 2 is 2.00 bits per heavy atom. The van der Waals surface area contributed by atoms with E-state index in [4.69, 9.17) is 4.42 Å². The molecule has 1 aromatic heterocycles. The third-order valence-electron chi connectivity index (χ3n) is 5.26. The van der Waals surface area contributed by atoms with E-state index in [1.54, 1.807) is 19.4 Å². The first-order valence-electron chi connectivity index (χ1n) is 10.2. The topological polar surface area (TPSA) is 81.9 Å². The van der Waals surface area contributed by atoms with Crippen LogP contribution in [0.15, 0.2) is 58.1 Å². The average Bonchev–Trinajstić information content (AvgIpc) is 3.26. The van der Waals surface area contributed by atoms with Crippen molar-refractivity contribution in [3.63, 3.8) is 0 Å². The summed E-state index contributed by atoms with van der Waals surface area (Å²) in [6.45, 7) is 4.85. The van der Waals surface area contributed by atoms with Crippen molar-refractivity contribution in [2.75, 3.05) is 20.1 Å². The smallest absolute Gasteiger partial charge is 0.239 e. The number of aliphatic imine (C=N–C) groups is 1. The fourth-order valence-corrected chi connectivity index (χ4v) is 3.62. The van der Waals surface area contributed by atoms with E-state index in [1.807, 2.05) is 6.07 Å². The lowest BCUT2D eigenvalue weighted by molar-refractivity contribution is -0.120. The molecule has 0 aliphatic carbocycles. The standard InChI is InChI=1S/C22H31N5O2.HI/c1-17-13-19(10-11-27(17)16-18-7-4-3-5-8-18)26-22(23-2)25-15-21(28)24-14-20-9-6-12-29-20;/h3-9,12,17,19H,10-11,13-16H2,1-2H3,(H,24,28)(H2,23,25,26);1H. The van der Waals surface area contributed by atoms with Crippen LogP contribution in [0, 0.1) is 0 Å². The number of nitrogens with zero attached hydrogens (tertiary/aromatic N) is 2. The summed E-state index contributed by atoms with van der Waals surface area (Å²) in [6.07, 6.45) is 3.68. The molecule has 3 rings (SSSR count). The third-order valence-corrected chi connectivity index (χ3v) is 5.26. The number of hydrogen-bond acceptors (Lipinski definition) is 4. The molecular weight excluding hydrogens is 493 g/mol. The van der Waals surface area contributed by atoms with Gasteiger partial charge in [0.15, 0.2) is 5.96 Å². The van der Waals surface area contributed by atoms with Crippen LogP contribution in [0.1, 0.15) is 31.1 Å². The van der Waals surface area contributed by atoms with Gasteiger partial charge < -0.3 is 20.4 Å². The van der Waals surface area contributed by atoms with Crippen molar-refractivity contribution >= 4 is 35.8 Å². The number of rotatable bonds is 7. The molecule has 0 spiro atoms. The SMILES string of the molecule is CN=C(NCC(=O)NCc1ccco1)NC1CCN(Cc2ccccc2)C(C)C1.I. The van der Waals surface area contributed by atoms with E-state index < -0.39 is 0 Å². The van der Waals surface area contributed by atoms with Crippen LogP contribution in [-0.2, 0) is 17.9 Å². The van der Waals surface area contributed by atoms with Gasteiger partial charge >= 0.3 is 0 Å². The lowest BCUT2D eigenvalue weighted by Crippen LogP contribution is -2.52. The highest BCUT2D eigenvalue weighted by Gasteiger charge is 2.26. The van der Waals surface area contributed by atoms with E-state index in [-0.39, 0.29) is 36.4 Å². The summed E-state index contributed by atoms with van der Waals surface area (Å²) in [5, 5.41) is 9.37. The Labute approximate surface area is 195 Å². The number of nitrogens with one attached hydrogen (secondary N) is 3. The van der Waals surface area contributed by atoms with Crippen LogP contribution in [0.25, 0.3) is 0 Å². The zero-order valence-electron chi connectivity index (χ0n) is 17.6. The molecule has 1 aromatic carbocycles. The molecule has 8 heteroatoms. The van der Waals surface area contributed by atoms with E-state index in [0.29, 0.717) is 24.6 Å². The van der Waals surface area contributed by atoms with Crippen LogP contribution in [-0.4, -0.2) is 49.0 Å². The molecule has 1 fully saturated rings. The predicted molar refractivity (Wildman–Crippen MR) is 130 cm³/mol. The summed E-state index contributed by atoms with van der Waals surface area (Å²) < 4.78 is 5.21. The Morgan fingerprint density at radius 3 is 2.67 bits per heavy atom. The number of halogens is 1. The van der Waals surface area contributed by atoms with E-state index in [2.05, 4.69) is 63.1 Å². The number of carbonyl (C=O) groups is 1. The zero-order chi connectivity index (χ0) is 20.5. The van der Waals surface area contributed by atoms with Gasteiger partial charge in [-0.1, -0.05) is 30.3 Å². The van der Waals surface area contributed by atoms with Crippen LogP contribution in [0.3, 0.4) is 0 Å². The molecular formula is C22H32IN5O2. The minimum atomic E-state index is -0.101. The van der Waals surface area contributed by atoms with Gasteiger partial charge in [-0.3, -0.25) is 14.7 Å². The van der Waals surface area contributed by atoms with Crippen molar-refractivity contribution in [1.29, 1.82) is 0 Å². The van der Waals surface area contributed by atoms with Gasteiger partial charge in [-0.05, 0) is 37.5 Å². The van der Waals surface area contributed by atoms with Gasteiger partial charge in [0.2, 0.25) is 5.91 Å². The molecule has 2 atom stereocenters. The summed E-state index contributed by atoms with van der Waals surface area (Å²) in [6, 6.07) is 15.1. The predicted octanol–water partition coefficient (Wildman–Crippen LogP) is 2.73. The van der Waals surface area contributed by atoms with Crippen LogP contribution in [0.2, 0.25) is 0 Å². The first-order chi connectivity index (χ1) is 14.1. The molecule has 2 aromatic rings. The third kappa shape index (κ3) is 7.64. The molecule has 2 heterocycles. The Bertz CT molecular complexity index is 782. The van der Waals surface area contributed by atoms with Crippen LogP contribution >= 0.6 is 24.0 Å². The lowest BCUT2D eigenvalue weighted by atomic mass is 9.97. The zero-order valence-corrected chi connectivity index (χ0v) is 20.0. The second-order valence-corrected chi connectivity index (χ2v) is 7.45. The number of amides is 1. The van der Waals surface area contributed by atoms with Gasteiger partial charge in [0, 0.05) is 32.2 Å². The fourth-order valence-electron chi connectivity index (χ4n) is 3.62. The molecule has 2 unspecified atom stereocenters. The number of hydrogen-bond donors (Lipinski definition) is 3. The molecule has 1 amide bonds. The van der Waals surface area contributed by atoms with Gasteiger partial charge in [0.05, 0.1) is 19.4 Å². The molecule has 1 aliphatic heterocycles. The van der Waals surface area contributed by atoms with Crippen molar-refractivity contribution in [1.82, 2.24) is 20.9 Å². The number of guanidine groups is 1. The molecule has 3 N–H and O–H groups in total. The largest absolute Gasteiger partial charge is 0.467 e. The van der Waals surface area contributed by atoms with Gasteiger partial charge in [-0.25, -0.2) is 0 Å². The summed E-state index contributed by atoms with van der Waals surface area (Å²) in [4.78, 5) is 18.8. The highest BCUT2D eigenvalue weighted by molar-refractivity contribution is 14.0. The maximum atomic E-state index is 12.0. The normalized spacial score (nSPS) is 19.6. The van der Waals surface area contributed by atoms with E-state index in [9.17, 15) is 4.79 Å². The second-order valence-electron chi connectivity index (χ2n) is 7.45. The lowest BCUT2D eigenvalue weighted by Gasteiger charge is -2.38. The number of benzene rings is 1. The molecule has 0 radical (unpaired) electrons. The molecule has 30 heavy (non-hydrogen) atoms. The van der Waals surface area contributed by atoms with Gasteiger partial charge in [0.25, 0.3) is 0 Å². The fraction of sp³-hybridized carbons (Fsp3) is 0.455. The second kappa shape index (κ2) is 12.6. The number of piperidine rings is 1. The number of likely N-dealkylation sites (tertiary alicyclic amines) is 1. The van der Waals surface area contributed by atoms with E-state index in [1.165, 1.54) is 5.56 Å². The van der Waals surface area contributed by atoms with E-state index in [0.717, 1.165) is 31.7 Å². The average molecular weight is 525 g/mol. The van der Waals surface area contributed by atoms with Crippen molar-refractivity contribution in [3.8, 4) is 0 Å². The van der Waals surface area contributed by atoms with Gasteiger partial charge in [-0.15, -0.1) is 24.0 Å². The maximum absolute atomic E-state index is 12.0. The maximum Gasteiger partial charge on any atom is 0.239 e. The molecule has 164 valence electrons. The molecule has 0 bridgehead atoms. The van der Waals surface area contributed by atoms with Crippen LogP contribution in [0.4, 0.5) is 0 Å². The Balaban J connectivity index is 0.00000320. The quantitative estimate of drug-likeness (QED) is 0.294. The summed E-state index contributed by atoms with van der Waals surface area (Å²) >= 11 is 0.